The van der Waals surface area contributed by atoms with Crippen molar-refractivity contribution in [2.45, 2.75) is 18.2 Å². The summed E-state index contributed by atoms with van der Waals surface area (Å²) in [6, 6.07) is 3.04. The van der Waals surface area contributed by atoms with Crippen LogP contribution >= 0.6 is 15.9 Å². The van der Waals surface area contributed by atoms with Gasteiger partial charge < -0.3 is 10.6 Å². The third kappa shape index (κ3) is 3.45. The predicted octanol–water partition coefficient (Wildman–Crippen LogP) is 0.826. The van der Waals surface area contributed by atoms with Crippen LogP contribution < -0.4 is 10.9 Å². The topological polar surface area (TPSA) is 106 Å². The van der Waals surface area contributed by atoms with Crippen LogP contribution in [0, 0.1) is 12.8 Å². The van der Waals surface area contributed by atoms with Gasteiger partial charge in [-0.2, -0.15) is 0 Å². The van der Waals surface area contributed by atoms with E-state index < -0.39 is 10.0 Å². The van der Waals surface area contributed by atoms with E-state index in [0.717, 1.165) is 6.42 Å². The van der Waals surface area contributed by atoms with Crippen molar-refractivity contribution < 1.29 is 13.2 Å². The summed E-state index contributed by atoms with van der Waals surface area (Å²) in [4.78, 5) is 14.3. The van der Waals surface area contributed by atoms with Crippen LogP contribution in [0.3, 0.4) is 0 Å². The van der Waals surface area contributed by atoms with Gasteiger partial charge in [0.2, 0.25) is 10.0 Å². The van der Waals surface area contributed by atoms with Crippen LogP contribution in [-0.2, 0) is 10.0 Å². The number of hydrogen-bond acceptors (Lipinski definition) is 4. The number of carbonyl (C=O) groups is 1. The highest BCUT2D eigenvalue weighted by Gasteiger charge is 2.28. The first-order valence-corrected chi connectivity index (χ1v) is 8.90. The number of rotatable bonds is 3. The van der Waals surface area contributed by atoms with Gasteiger partial charge in [-0.25, -0.2) is 13.6 Å². The SMILES string of the molecule is Cc1c(C(=O)N2CC[C@@H](CN)C2)cc(Br)cc1S(N)(=O)=O. The van der Waals surface area contributed by atoms with E-state index in [-0.39, 0.29) is 10.8 Å². The second kappa shape index (κ2) is 6.04. The Bertz CT molecular complexity index is 675. The molecule has 1 heterocycles. The third-order valence-corrected chi connectivity index (χ3v) is 5.26. The summed E-state index contributed by atoms with van der Waals surface area (Å²) < 4.78 is 23.7. The van der Waals surface area contributed by atoms with Crippen LogP contribution in [0.2, 0.25) is 0 Å². The zero-order valence-electron chi connectivity index (χ0n) is 11.7. The molecule has 116 valence electrons. The zero-order valence-corrected chi connectivity index (χ0v) is 14.1. The Hall–Kier alpha value is -0.960. The Morgan fingerprint density at radius 3 is 2.67 bits per heavy atom. The second-order valence-electron chi connectivity index (χ2n) is 5.26. The van der Waals surface area contributed by atoms with E-state index >= 15 is 0 Å². The number of amides is 1. The molecule has 0 saturated carbocycles. The molecule has 1 fully saturated rings. The number of hydrogen-bond donors (Lipinski definition) is 2. The number of likely N-dealkylation sites (tertiary alicyclic amines) is 1. The van der Waals surface area contributed by atoms with E-state index in [1.807, 2.05) is 0 Å². The fourth-order valence-electron chi connectivity index (χ4n) is 2.55. The predicted molar refractivity (Wildman–Crippen MR) is 83.3 cm³/mol. The lowest BCUT2D eigenvalue weighted by Crippen LogP contribution is -2.31. The van der Waals surface area contributed by atoms with Crippen LogP contribution in [0.15, 0.2) is 21.5 Å². The fraction of sp³-hybridized carbons (Fsp3) is 0.462. The number of nitrogens with zero attached hydrogens (tertiary/aromatic N) is 1. The van der Waals surface area contributed by atoms with Crippen LogP contribution in [0.1, 0.15) is 22.3 Å². The van der Waals surface area contributed by atoms with Crippen molar-refractivity contribution in [3.05, 3.63) is 27.7 Å². The molecule has 1 aliphatic heterocycles. The van der Waals surface area contributed by atoms with Gasteiger partial charge in [0.25, 0.3) is 5.91 Å². The average Bonchev–Trinajstić information content (AvgIpc) is 2.87. The lowest BCUT2D eigenvalue weighted by Gasteiger charge is -2.19. The first-order chi connectivity index (χ1) is 9.74. The Balaban J connectivity index is 2.41. The normalized spacial score (nSPS) is 19.0. The first kappa shape index (κ1) is 16.4. The molecule has 0 aromatic heterocycles. The van der Waals surface area contributed by atoms with E-state index in [1.165, 1.54) is 6.07 Å². The molecule has 1 amide bonds. The molecule has 0 unspecified atom stereocenters. The minimum absolute atomic E-state index is 0.0326. The number of sulfonamides is 1. The molecule has 2 rings (SSSR count). The Morgan fingerprint density at radius 1 is 1.48 bits per heavy atom. The van der Waals surface area contributed by atoms with Gasteiger partial charge in [-0.1, -0.05) is 15.9 Å². The van der Waals surface area contributed by atoms with E-state index in [2.05, 4.69) is 15.9 Å². The van der Waals surface area contributed by atoms with E-state index in [1.54, 1.807) is 17.9 Å². The summed E-state index contributed by atoms with van der Waals surface area (Å²) in [5.74, 6) is 0.119. The molecule has 0 aliphatic carbocycles. The smallest absolute Gasteiger partial charge is 0.254 e. The Labute approximate surface area is 132 Å². The van der Waals surface area contributed by atoms with Crippen LogP contribution in [0.4, 0.5) is 0 Å². The molecule has 1 aliphatic rings. The van der Waals surface area contributed by atoms with Gasteiger partial charge in [0.15, 0.2) is 0 Å². The van der Waals surface area contributed by atoms with Gasteiger partial charge in [0.1, 0.15) is 0 Å². The van der Waals surface area contributed by atoms with Crippen molar-refractivity contribution >= 4 is 31.9 Å². The number of carbonyl (C=O) groups excluding carboxylic acids is 1. The van der Waals surface area contributed by atoms with Gasteiger partial charge in [-0.3, -0.25) is 4.79 Å². The van der Waals surface area contributed by atoms with Crippen molar-refractivity contribution in [1.29, 1.82) is 0 Å². The highest BCUT2D eigenvalue weighted by Crippen LogP contribution is 2.26. The molecule has 1 saturated heterocycles. The van der Waals surface area contributed by atoms with Crippen LogP contribution in [0.5, 0.6) is 0 Å². The van der Waals surface area contributed by atoms with Gasteiger partial charge in [-0.15, -0.1) is 0 Å². The van der Waals surface area contributed by atoms with Gasteiger partial charge in [-0.05, 0) is 43.5 Å². The van der Waals surface area contributed by atoms with E-state index in [0.29, 0.717) is 41.2 Å². The fourth-order valence-corrected chi connectivity index (χ4v) is 3.99. The van der Waals surface area contributed by atoms with Crippen molar-refractivity contribution in [2.75, 3.05) is 19.6 Å². The van der Waals surface area contributed by atoms with E-state index in [4.69, 9.17) is 10.9 Å². The highest BCUT2D eigenvalue weighted by molar-refractivity contribution is 9.10. The summed E-state index contributed by atoms with van der Waals surface area (Å²) in [6.07, 6.45) is 0.872. The molecule has 8 heteroatoms. The number of nitrogens with two attached hydrogens (primary N) is 2. The minimum atomic E-state index is -3.87. The standard InChI is InChI=1S/C13H18BrN3O3S/c1-8-11(4-10(14)5-12(8)21(16,19)20)13(18)17-3-2-9(6-15)7-17/h4-5,9H,2-3,6-7,15H2,1H3,(H2,16,19,20)/t9-/m0/s1. The number of primary sulfonamides is 1. The van der Waals surface area contributed by atoms with Gasteiger partial charge in [0, 0.05) is 23.1 Å². The maximum atomic E-state index is 12.6. The Kier molecular flexibility index (Phi) is 4.72. The average molecular weight is 376 g/mol. The molecule has 1 atom stereocenters. The van der Waals surface area contributed by atoms with Crippen molar-refractivity contribution in [2.24, 2.45) is 16.8 Å². The molecule has 21 heavy (non-hydrogen) atoms. The molecule has 4 N–H and O–H groups in total. The van der Waals surface area contributed by atoms with Crippen LogP contribution in [-0.4, -0.2) is 38.9 Å². The molecule has 1 aromatic carbocycles. The van der Waals surface area contributed by atoms with Gasteiger partial charge >= 0.3 is 0 Å². The zero-order chi connectivity index (χ0) is 15.8. The summed E-state index contributed by atoms with van der Waals surface area (Å²) in [7, 11) is -3.87. The molecule has 1 aromatic rings. The summed E-state index contributed by atoms with van der Waals surface area (Å²) in [5, 5.41) is 5.20. The molecular formula is C13H18BrN3O3S. The summed E-state index contributed by atoms with van der Waals surface area (Å²) >= 11 is 3.23. The maximum Gasteiger partial charge on any atom is 0.254 e. The lowest BCUT2D eigenvalue weighted by atomic mass is 10.1. The van der Waals surface area contributed by atoms with Crippen molar-refractivity contribution in [3.63, 3.8) is 0 Å². The molecule has 0 radical (unpaired) electrons. The lowest BCUT2D eigenvalue weighted by molar-refractivity contribution is 0.0786. The summed E-state index contributed by atoms with van der Waals surface area (Å²) in [5.41, 5.74) is 6.36. The largest absolute Gasteiger partial charge is 0.338 e. The molecule has 0 bridgehead atoms. The molecule has 6 nitrogen and oxygen atoms in total. The number of benzene rings is 1. The monoisotopic (exact) mass is 375 g/mol. The highest BCUT2D eigenvalue weighted by atomic mass is 79.9. The van der Waals surface area contributed by atoms with Crippen molar-refractivity contribution in [1.82, 2.24) is 4.90 Å². The van der Waals surface area contributed by atoms with Crippen molar-refractivity contribution in [3.8, 4) is 0 Å². The first-order valence-electron chi connectivity index (χ1n) is 6.56. The Morgan fingerprint density at radius 2 is 2.14 bits per heavy atom. The van der Waals surface area contributed by atoms with Crippen LogP contribution in [0.25, 0.3) is 0 Å². The second-order valence-corrected chi connectivity index (χ2v) is 7.71. The number of halogens is 1. The molecule has 0 spiro atoms. The van der Waals surface area contributed by atoms with E-state index in [9.17, 15) is 13.2 Å². The molecular weight excluding hydrogens is 358 g/mol. The maximum absolute atomic E-state index is 12.6. The van der Waals surface area contributed by atoms with Gasteiger partial charge in [0.05, 0.1) is 4.90 Å². The third-order valence-electron chi connectivity index (χ3n) is 3.77. The minimum Gasteiger partial charge on any atom is -0.338 e. The summed E-state index contributed by atoms with van der Waals surface area (Å²) in [6.45, 7) is 3.38. The quantitative estimate of drug-likeness (QED) is 0.815.